The number of hydrazine groups is 1. The Bertz CT molecular complexity index is 185. The van der Waals surface area contributed by atoms with Gasteiger partial charge in [0, 0.05) is 12.8 Å². The number of hydrogen-bond donors (Lipinski definition) is 2. The average Bonchev–Trinajstić information content (AvgIpc) is 1.81. The molecule has 1 aliphatic rings. The van der Waals surface area contributed by atoms with E-state index in [0.717, 1.165) is 0 Å². The van der Waals surface area contributed by atoms with E-state index in [1.807, 2.05) is 5.43 Å². The lowest BCUT2D eigenvalue weighted by Crippen LogP contribution is -2.54. The number of rotatable bonds is 1. The zero-order valence-electron chi connectivity index (χ0n) is 6.16. The number of carbonyl (C=O) groups excluding carboxylic acids is 1. The molecule has 0 saturated heterocycles. The van der Waals surface area contributed by atoms with E-state index in [9.17, 15) is 13.6 Å². The van der Waals surface area contributed by atoms with Gasteiger partial charge >= 0.3 is 0 Å². The number of hydrogen-bond acceptors (Lipinski definition) is 2. The van der Waals surface area contributed by atoms with Crippen molar-refractivity contribution in [2.75, 3.05) is 0 Å². The Morgan fingerprint density at radius 3 is 2.27 bits per heavy atom. The Balaban J connectivity index is 2.56. The molecule has 5 heteroatoms. The fraction of sp³-hybridized carbons (Fsp3) is 0.833. The molecule has 0 aliphatic heterocycles. The van der Waals surface area contributed by atoms with E-state index in [-0.39, 0.29) is 0 Å². The molecular formula is C6H10F2N2O. The largest absolute Gasteiger partial charge is 0.294 e. The van der Waals surface area contributed by atoms with Crippen molar-refractivity contribution >= 4 is 5.91 Å². The summed E-state index contributed by atoms with van der Waals surface area (Å²) < 4.78 is 24.6. The van der Waals surface area contributed by atoms with Crippen molar-refractivity contribution in [2.45, 2.75) is 25.7 Å². The molecule has 0 bridgehead atoms. The van der Waals surface area contributed by atoms with Crippen LogP contribution in [0.5, 0.6) is 0 Å². The predicted molar refractivity (Wildman–Crippen MR) is 34.6 cm³/mol. The molecule has 0 atom stereocenters. The maximum Gasteiger partial charge on any atom is 0.250 e. The first kappa shape index (κ1) is 8.39. The van der Waals surface area contributed by atoms with Crippen LogP contribution >= 0.6 is 0 Å². The van der Waals surface area contributed by atoms with Crippen molar-refractivity contribution in [1.82, 2.24) is 5.43 Å². The predicted octanol–water partition coefficient (Wildman–Crippen LogP) is 0.412. The summed E-state index contributed by atoms with van der Waals surface area (Å²) in [7, 11) is 0. The van der Waals surface area contributed by atoms with Crippen molar-refractivity contribution in [2.24, 2.45) is 11.3 Å². The van der Waals surface area contributed by atoms with Crippen molar-refractivity contribution in [3.63, 3.8) is 0 Å². The van der Waals surface area contributed by atoms with Crippen LogP contribution in [0, 0.1) is 5.41 Å². The van der Waals surface area contributed by atoms with Gasteiger partial charge in [-0.25, -0.2) is 14.6 Å². The highest BCUT2D eigenvalue weighted by molar-refractivity contribution is 5.82. The molecule has 1 amide bonds. The van der Waals surface area contributed by atoms with Crippen LogP contribution in [0.3, 0.4) is 0 Å². The van der Waals surface area contributed by atoms with Crippen molar-refractivity contribution in [1.29, 1.82) is 0 Å². The first-order chi connectivity index (χ1) is 4.90. The van der Waals surface area contributed by atoms with Gasteiger partial charge in [-0.2, -0.15) is 0 Å². The van der Waals surface area contributed by atoms with Gasteiger partial charge in [0.15, 0.2) is 0 Å². The van der Waals surface area contributed by atoms with E-state index in [4.69, 9.17) is 5.84 Å². The first-order valence-electron chi connectivity index (χ1n) is 3.28. The topological polar surface area (TPSA) is 55.1 Å². The minimum Gasteiger partial charge on any atom is -0.294 e. The fourth-order valence-corrected chi connectivity index (χ4v) is 1.42. The third-order valence-electron chi connectivity index (χ3n) is 1.98. The molecule has 1 rings (SSSR count). The van der Waals surface area contributed by atoms with E-state index in [2.05, 4.69) is 0 Å². The fourth-order valence-electron chi connectivity index (χ4n) is 1.42. The van der Waals surface area contributed by atoms with E-state index in [1.165, 1.54) is 6.92 Å². The quantitative estimate of drug-likeness (QED) is 0.335. The highest BCUT2D eigenvalue weighted by Crippen LogP contribution is 2.51. The van der Waals surface area contributed by atoms with E-state index in [0.29, 0.717) is 0 Å². The van der Waals surface area contributed by atoms with Crippen LogP contribution < -0.4 is 11.3 Å². The van der Waals surface area contributed by atoms with Crippen LogP contribution in [0.25, 0.3) is 0 Å². The summed E-state index contributed by atoms with van der Waals surface area (Å²) in [5.41, 5.74) is 0.913. The molecule has 0 aromatic carbocycles. The molecule has 0 heterocycles. The summed E-state index contributed by atoms with van der Waals surface area (Å²) in [5, 5.41) is 0. The molecule has 1 fully saturated rings. The first-order valence-corrected chi connectivity index (χ1v) is 3.28. The lowest BCUT2D eigenvalue weighted by molar-refractivity contribution is -0.174. The van der Waals surface area contributed by atoms with Crippen LogP contribution in [0.1, 0.15) is 19.8 Å². The molecule has 0 aromatic rings. The maximum atomic E-state index is 12.3. The third kappa shape index (κ3) is 1.33. The summed E-state index contributed by atoms with van der Waals surface area (Å²) in [4.78, 5) is 10.8. The van der Waals surface area contributed by atoms with Crippen LogP contribution in [0.15, 0.2) is 0 Å². The van der Waals surface area contributed by atoms with Crippen LogP contribution in [0.4, 0.5) is 8.78 Å². The Morgan fingerprint density at radius 1 is 1.55 bits per heavy atom. The summed E-state index contributed by atoms with van der Waals surface area (Å²) in [6, 6.07) is 0. The minimum absolute atomic E-state index is 0.400. The Kier molecular flexibility index (Phi) is 1.63. The number of alkyl halides is 2. The standard InChI is InChI=1S/C6H10F2N2O/c1-5(4(11)10-9)2-6(7,8)3-5/h2-3,9H2,1H3,(H,10,11). The number of amides is 1. The molecule has 64 valence electrons. The van der Waals surface area contributed by atoms with Gasteiger partial charge in [-0.15, -0.1) is 0 Å². The van der Waals surface area contributed by atoms with Gasteiger partial charge in [-0.3, -0.25) is 10.2 Å². The van der Waals surface area contributed by atoms with Gasteiger partial charge in [-0.05, 0) is 0 Å². The maximum absolute atomic E-state index is 12.3. The van der Waals surface area contributed by atoms with Gasteiger partial charge in [-0.1, -0.05) is 6.92 Å². The summed E-state index contributed by atoms with van der Waals surface area (Å²) in [6.45, 7) is 1.48. The SMILES string of the molecule is CC1(C(=O)NN)CC(F)(F)C1. The van der Waals surface area contributed by atoms with E-state index in [1.54, 1.807) is 0 Å². The number of nitrogens with one attached hydrogen (secondary N) is 1. The molecule has 0 spiro atoms. The zero-order chi connectivity index (χ0) is 8.70. The van der Waals surface area contributed by atoms with Crippen LogP contribution in [-0.4, -0.2) is 11.8 Å². The lowest BCUT2D eigenvalue weighted by atomic mass is 9.67. The van der Waals surface area contributed by atoms with E-state index < -0.39 is 30.1 Å². The molecular weight excluding hydrogens is 154 g/mol. The minimum atomic E-state index is -2.68. The molecule has 3 N–H and O–H groups in total. The second-order valence-corrected chi connectivity index (χ2v) is 3.24. The molecule has 0 unspecified atom stereocenters. The third-order valence-corrected chi connectivity index (χ3v) is 1.98. The molecule has 0 aromatic heterocycles. The van der Waals surface area contributed by atoms with Gasteiger partial charge in [0.05, 0.1) is 5.41 Å². The highest BCUT2D eigenvalue weighted by atomic mass is 19.3. The van der Waals surface area contributed by atoms with Gasteiger partial charge in [0.2, 0.25) is 11.8 Å². The van der Waals surface area contributed by atoms with E-state index >= 15 is 0 Å². The molecule has 3 nitrogen and oxygen atoms in total. The summed E-state index contributed by atoms with van der Waals surface area (Å²) in [5.74, 6) is 1.62. The summed E-state index contributed by atoms with van der Waals surface area (Å²) in [6.07, 6.45) is -0.800. The monoisotopic (exact) mass is 164 g/mol. The number of halogens is 2. The second kappa shape index (κ2) is 2.14. The molecule has 1 saturated carbocycles. The smallest absolute Gasteiger partial charge is 0.250 e. The summed E-state index contributed by atoms with van der Waals surface area (Å²) >= 11 is 0. The van der Waals surface area contributed by atoms with Gasteiger partial charge in [0.1, 0.15) is 0 Å². The van der Waals surface area contributed by atoms with Crippen molar-refractivity contribution in [3.05, 3.63) is 0 Å². The van der Waals surface area contributed by atoms with Crippen LogP contribution in [-0.2, 0) is 4.79 Å². The number of carbonyl (C=O) groups is 1. The molecule has 1 aliphatic carbocycles. The Labute approximate surface area is 62.9 Å². The van der Waals surface area contributed by atoms with Crippen LogP contribution in [0.2, 0.25) is 0 Å². The lowest BCUT2D eigenvalue weighted by Gasteiger charge is -2.42. The normalized spacial score (nSPS) is 25.5. The second-order valence-electron chi connectivity index (χ2n) is 3.24. The van der Waals surface area contributed by atoms with Crippen molar-refractivity contribution in [3.8, 4) is 0 Å². The van der Waals surface area contributed by atoms with Gasteiger partial charge in [0.25, 0.3) is 0 Å². The molecule has 11 heavy (non-hydrogen) atoms. The zero-order valence-corrected chi connectivity index (χ0v) is 6.16. The molecule has 0 radical (unpaired) electrons. The van der Waals surface area contributed by atoms with Gasteiger partial charge < -0.3 is 0 Å². The Hall–Kier alpha value is -0.710. The Morgan fingerprint density at radius 2 is 2.00 bits per heavy atom. The average molecular weight is 164 g/mol. The number of nitrogens with two attached hydrogens (primary N) is 1. The van der Waals surface area contributed by atoms with Crippen molar-refractivity contribution < 1.29 is 13.6 Å². The highest BCUT2D eigenvalue weighted by Gasteiger charge is 2.57.